The molecule has 2 aliphatic heterocycles. The minimum absolute atomic E-state index is 0.0161. The number of carbonyl (C=O) groups is 1. The SMILES string of the molecule is O=C1C2=C(CN1Cc1cn(Cc3ccc(F)cc3)nn1)Oc1ccccc1C2. The summed E-state index contributed by atoms with van der Waals surface area (Å²) in [6, 6.07) is 14.1. The molecule has 3 aromatic rings. The molecule has 2 aliphatic rings. The maximum absolute atomic E-state index is 13.0. The Bertz CT molecular complexity index is 1090. The summed E-state index contributed by atoms with van der Waals surface area (Å²) < 4.78 is 20.6. The quantitative estimate of drug-likeness (QED) is 0.703. The summed E-state index contributed by atoms with van der Waals surface area (Å²) in [5, 5.41) is 8.28. The third-order valence-corrected chi connectivity index (χ3v) is 4.99. The average molecular weight is 376 g/mol. The van der Waals surface area contributed by atoms with Crippen molar-refractivity contribution in [3.63, 3.8) is 0 Å². The van der Waals surface area contributed by atoms with Crippen molar-refractivity contribution in [1.82, 2.24) is 19.9 Å². The van der Waals surface area contributed by atoms with Gasteiger partial charge >= 0.3 is 0 Å². The molecule has 1 aromatic heterocycles. The van der Waals surface area contributed by atoms with Crippen LogP contribution >= 0.6 is 0 Å². The van der Waals surface area contributed by atoms with E-state index in [1.54, 1.807) is 21.7 Å². The fourth-order valence-corrected chi connectivity index (χ4v) is 3.58. The first-order valence-corrected chi connectivity index (χ1v) is 9.06. The molecular weight excluding hydrogens is 359 g/mol. The van der Waals surface area contributed by atoms with Crippen molar-refractivity contribution < 1.29 is 13.9 Å². The molecular formula is C21H17FN4O2. The predicted octanol–water partition coefficient (Wildman–Crippen LogP) is 2.70. The van der Waals surface area contributed by atoms with Crippen molar-refractivity contribution in [2.45, 2.75) is 19.5 Å². The maximum Gasteiger partial charge on any atom is 0.254 e. The van der Waals surface area contributed by atoms with Crippen LogP contribution in [0.5, 0.6) is 5.75 Å². The highest BCUT2D eigenvalue weighted by Gasteiger charge is 2.35. The maximum atomic E-state index is 13.0. The molecule has 6 nitrogen and oxygen atoms in total. The molecule has 0 radical (unpaired) electrons. The standard InChI is InChI=1S/C21H17FN4O2/c22-16-7-5-14(6-8-16)10-26-12-17(23-24-26)11-25-13-20-18(21(25)27)9-15-3-1-2-4-19(15)28-20/h1-8,12H,9-11,13H2. The van der Waals surface area contributed by atoms with E-state index in [0.29, 0.717) is 31.7 Å². The van der Waals surface area contributed by atoms with Gasteiger partial charge in [0.1, 0.15) is 23.0 Å². The average Bonchev–Trinajstić information content (AvgIpc) is 3.26. The Morgan fingerprint density at radius 1 is 1.07 bits per heavy atom. The van der Waals surface area contributed by atoms with E-state index in [1.807, 2.05) is 30.5 Å². The molecule has 140 valence electrons. The van der Waals surface area contributed by atoms with Crippen LogP contribution in [0.1, 0.15) is 16.8 Å². The summed E-state index contributed by atoms with van der Waals surface area (Å²) in [6.07, 6.45) is 2.40. The van der Waals surface area contributed by atoms with E-state index in [1.165, 1.54) is 12.1 Å². The van der Waals surface area contributed by atoms with Crippen LogP contribution in [-0.2, 0) is 24.3 Å². The number of hydrogen-bond acceptors (Lipinski definition) is 4. The van der Waals surface area contributed by atoms with Gasteiger partial charge in [0.25, 0.3) is 5.91 Å². The lowest BCUT2D eigenvalue weighted by Crippen LogP contribution is -2.27. The lowest BCUT2D eigenvalue weighted by Gasteiger charge is -2.17. The Kier molecular flexibility index (Phi) is 3.93. The third-order valence-electron chi connectivity index (χ3n) is 4.99. The molecule has 0 aliphatic carbocycles. The van der Waals surface area contributed by atoms with Gasteiger partial charge in [-0.2, -0.15) is 0 Å². The number of carbonyl (C=O) groups excluding carboxylic acids is 1. The van der Waals surface area contributed by atoms with Gasteiger partial charge in [-0.15, -0.1) is 5.10 Å². The molecule has 2 aromatic carbocycles. The first-order chi connectivity index (χ1) is 13.7. The zero-order valence-corrected chi connectivity index (χ0v) is 15.0. The van der Waals surface area contributed by atoms with E-state index < -0.39 is 0 Å². The lowest BCUT2D eigenvalue weighted by molar-refractivity contribution is -0.126. The molecule has 0 spiro atoms. The van der Waals surface area contributed by atoms with Crippen LogP contribution in [0, 0.1) is 5.82 Å². The van der Waals surface area contributed by atoms with Gasteiger partial charge in [-0.1, -0.05) is 35.5 Å². The highest BCUT2D eigenvalue weighted by Crippen LogP contribution is 2.34. The van der Waals surface area contributed by atoms with Gasteiger partial charge in [-0.25, -0.2) is 9.07 Å². The second kappa shape index (κ2) is 6.60. The molecule has 0 N–H and O–H groups in total. The highest BCUT2D eigenvalue weighted by molar-refractivity contribution is 5.97. The van der Waals surface area contributed by atoms with E-state index in [0.717, 1.165) is 28.2 Å². The molecule has 0 bridgehead atoms. The van der Waals surface area contributed by atoms with E-state index in [-0.39, 0.29) is 11.7 Å². The van der Waals surface area contributed by atoms with Crippen molar-refractivity contribution in [2.24, 2.45) is 0 Å². The van der Waals surface area contributed by atoms with Crippen LogP contribution in [0.25, 0.3) is 0 Å². The normalized spacial score (nSPS) is 15.5. The molecule has 28 heavy (non-hydrogen) atoms. The second-order valence-corrected chi connectivity index (χ2v) is 6.98. The molecule has 0 fully saturated rings. The fourth-order valence-electron chi connectivity index (χ4n) is 3.58. The molecule has 0 saturated carbocycles. The predicted molar refractivity (Wildman–Crippen MR) is 98.7 cm³/mol. The van der Waals surface area contributed by atoms with E-state index in [4.69, 9.17) is 4.74 Å². The number of rotatable bonds is 4. The van der Waals surface area contributed by atoms with Crippen molar-refractivity contribution in [1.29, 1.82) is 0 Å². The van der Waals surface area contributed by atoms with Crippen molar-refractivity contribution >= 4 is 5.91 Å². The van der Waals surface area contributed by atoms with Crippen LogP contribution in [-0.4, -0.2) is 32.3 Å². The number of para-hydroxylation sites is 1. The van der Waals surface area contributed by atoms with Gasteiger partial charge < -0.3 is 9.64 Å². The summed E-state index contributed by atoms with van der Waals surface area (Å²) in [6.45, 7) is 1.30. The molecule has 3 heterocycles. The van der Waals surface area contributed by atoms with Gasteiger partial charge in [0, 0.05) is 6.42 Å². The minimum atomic E-state index is -0.267. The Morgan fingerprint density at radius 2 is 1.89 bits per heavy atom. The van der Waals surface area contributed by atoms with Crippen molar-refractivity contribution in [3.05, 3.63) is 88.7 Å². The number of hydrogen-bond donors (Lipinski definition) is 0. The van der Waals surface area contributed by atoms with Crippen LogP contribution in [0.3, 0.4) is 0 Å². The van der Waals surface area contributed by atoms with Crippen LogP contribution < -0.4 is 4.74 Å². The number of aromatic nitrogens is 3. The van der Waals surface area contributed by atoms with Crippen molar-refractivity contribution in [3.8, 4) is 5.75 Å². The van der Waals surface area contributed by atoms with Gasteiger partial charge in [0.2, 0.25) is 0 Å². The van der Waals surface area contributed by atoms with E-state index >= 15 is 0 Å². The van der Waals surface area contributed by atoms with Crippen LogP contribution in [0.2, 0.25) is 0 Å². The number of amides is 1. The zero-order chi connectivity index (χ0) is 19.1. The Labute approximate surface area is 160 Å². The van der Waals surface area contributed by atoms with E-state index in [2.05, 4.69) is 10.3 Å². The largest absolute Gasteiger partial charge is 0.459 e. The third kappa shape index (κ3) is 3.05. The van der Waals surface area contributed by atoms with Crippen LogP contribution in [0.4, 0.5) is 4.39 Å². The molecule has 5 rings (SSSR count). The van der Waals surface area contributed by atoms with E-state index in [9.17, 15) is 9.18 Å². The van der Waals surface area contributed by atoms with Gasteiger partial charge in [-0.3, -0.25) is 4.79 Å². The summed E-state index contributed by atoms with van der Waals surface area (Å²) in [4.78, 5) is 14.5. The molecule has 7 heteroatoms. The summed E-state index contributed by atoms with van der Waals surface area (Å²) in [5.74, 6) is 1.26. The molecule has 0 unspecified atom stereocenters. The number of fused-ring (bicyclic) bond motifs is 1. The van der Waals surface area contributed by atoms with Gasteiger partial charge in [0.15, 0.2) is 0 Å². The van der Waals surface area contributed by atoms with Crippen molar-refractivity contribution in [2.75, 3.05) is 6.54 Å². The smallest absolute Gasteiger partial charge is 0.254 e. The van der Waals surface area contributed by atoms with Gasteiger partial charge in [0.05, 0.1) is 31.4 Å². The van der Waals surface area contributed by atoms with Crippen LogP contribution in [0.15, 0.2) is 66.1 Å². The van der Waals surface area contributed by atoms with Gasteiger partial charge in [-0.05, 0) is 29.3 Å². The summed E-state index contributed by atoms with van der Waals surface area (Å²) >= 11 is 0. The second-order valence-electron chi connectivity index (χ2n) is 6.98. The monoisotopic (exact) mass is 376 g/mol. The topological polar surface area (TPSA) is 60.2 Å². The number of nitrogens with zero attached hydrogens (tertiary/aromatic N) is 4. The lowest BCUT2D eigenvalue weighted by atomic mass is 10.0. The number of benzene rings is 2. The number of ether oxygens (including phenoxy) is 1. The molecule has 0 atom stereocenters. The zero-order valence-electron chi connectivity index (χ0n) is 15.0. The fraction of sp³-hybridized carbons (Fsp3) is 0.190. The first kappa shape index (κ1) is 16.7. The summed E-state index contributed by atoms with van der Waals surface area (Å²) in [7, 11) is 0. The first-order valence-electron chi connectivity index (χ1n) is 9.06. The minimum Gasteiger partial charge on any atom is -0.459 e. The molecule has 1 amide bonds. The number of halogens is 1. The Morgan fingerprint density at radius 3 is 2.75 bits per heavy atom. The summed E-state index contributed by atoms with van der Waals surface area (Å²) in [5.41, 5.74) is 3.38. The molecule has 0 saturated heterocycles. The Balaban J connectivity index is 1.26. The Hall–Kier alpha value is -3.48. The highest BCUT2D eigenvalue weighted by atomic mass is 19.1.